The van der Waals surface area contributed by atoms with Gasteiger partial charge in [-0.15, -0.1) is 0 Å². The maximum atomic E-state index is 13.0. The molecule has 0 bridgehead atoms. The number of carbonyl (C=O) groups is 2. The van der Waals surface area contributed by atoms with Gasteiger partial charge in [-0.05, 0) is 70.6 Å². The van der Waals surface area contributed by atoms with Gasteiger partial charge in [-0.2, -0.15) is 0 Å². The van der Waals surface area contributed by atoms with Crippen LogP contribution in [0.4, 0.5) is 5.69 Å². The molecule has 0 fully saturated rings. The summed E-state index contributed by atoms with van der Waals surface area (Å²) in [6.07, 6.45) is 8.78. The molecule has 1 aliphatic rings. The number of fused-ring (bicyclic) bond motifs is 1. The molecule has 2 rings (SSSR count). The molecule has 1 aliphatic carbocycles. The van der Waals surface area contributed by atoms with Crippen molar-refractivity contribution in [2.45, 2.75) is 52.4 Å². The van der Waals surface area contributed by atoms with Crippen molar-refractivity contribution in [3.63, 3.8) is 0 Å². The number of carbonyl (C=O) groups excluding carboxylic acids is 2. The first kappa shape index (κ1) is 23.0. The summed E-state index contributed by atoms with van der Waals surface area (Å²) in [5.74, 6) is -0.197. The normalized spacial score (nSPS) is 16.6. The van der Waals surface area contributed by atoms with Gasteiger partial charge in [0.15, 0.2) is 11.6 Å². The first-order valence-corrected chi connectivity index (χ1v) is 10.6. The number of hydrogen-bond donors (Lipinski definition) is 2. The van der Waals surface area contributed by atoms with Crippen LogP contribution in [0.5, 0.6) is 0 Å². The number of aliphatic hydroxyl groups is 2. The third-order valence-electron chi connectivity index (χ3n) is 5.39. The lowest BCUT2D eigenvalue weighted by atomic mass is 9.81. The number of hydrogen-bond acceptors (Lipinski definition) is 5. The first-order valence-electron chi connectivity index (χ1n) is 10.6. The number of rotatable bonds is 11. The van der Waals surface area contributed by atoms with Crippen LogP contribution in [0.25, 0.3) is 0 Å². The first-order chi connectivity index (χ1) is 14.1. The summed E-state index contributed by atoms with van der Waals surface area (Å²) in [5.41, 5.74) is 2.83. The zero-order valence-corrected chi connectivity index (χ0v) is 17.6. The highest BCUT2D eigenvalue weighted by Gasteiger charge is 2.31. The molecule has 0 amide bonds. The molecule has 0 unspecified atom stereocenters. The Balaban J connectivity index is 2.29. The van der Waals surface area contributed by atoms with Gasteiger partial charge in [0.2, 0.25) is 0 Å². The van der Waals surface area contributed by atoms with Crippen LogP contribution in [0.3, 0.4) is 0 Å². The van der Waals surface area contributed by atoms with E-state index in [-0.39, 0.29) is 24.8 Å². The zero-order chi connectivity index (χ0) is 21.2. The van der Waals surface area contributed by atoms with Crippen molar-refractivity contribution in [1.29, 1.82) is 0 Å². The second-order valence-corrected chi connectivity index (χ2v) is 7.35. The van der Waals surface area contributed by atoms with Crippen molar-refractivity contribution >= 4 is 17.3 Å². The van der Waals surface area contributed by atoms with Crippen LogP contribution in [0.1, 0.15) is 73.1 Å². The van der Waals surface area contributed by atoms with Gasteiger partial charge >= 0.3 is 0 Å². The molecular weight excluding hydrogens is 366 g/mol. The third kappa shape index (κ3) is 5.64. The lowest BCUT2D eigenvalue weighted by Gasteiger charge is -2.27. The predicted molar refractivity (Wildman–Crippen MR) is 117 cm³/mol. The maximum absolute atomic E-state index is 13.0. The van der Waals surface area contributed by atoms with Crippen LogP contribution in [0.2, 0.25) is 0 Å². The summed E-state index contributed by atoms with van der Waals surface area (Å²) in [5, 5.41) is 18.0. The Morgan fingerprint density at radius 3 is 1.76 bits per heavy atom. The van der Waals surface area contributed by atoms with Gasteiger partial charge in [0.05, 0.1) is 0 Å². The summed E-state index contributed by atoms with van der Waals surface area (Å²) in [4.78, 5) is 28.1. The van der Waals surface area contributed by atoms with Gasteiger partial charge in [0.25, 0.3) is 0 Å². The van der Waals surface area contributed by atoms with E-state index in [0.29, 0.717) is 22.3 Å². The third-order valence-corrected chi connectivity index (χ3v) is 5.39. The molecule has 0 atom stereocenters. The van der Waals surface area contributed by atoms with E-state index in [0.717, 1.165) is 57.3 Å². The molecule has 158 valence electrons. The number of Topliss-reactive ketones (excluding diaryl/α,β-unsaturated/α-hetero) is 2. The molecule has 2 N–H and O–H groups in total. The summed E-state index contributed by atoms with van der Waals surface area (Å²) in [6.45, 7) is 5.63. The topological polar surface area (TPSA) is 77.8 Å². The van der Waals surface area contributed by atoms with Crippen molar-refractivity contribution in [2.24, 2.45) is 0 Å². The Bertz CT molecular complexity index is 767. The molecule has 1 aromatic rings. The van der Waals surface area contributed by atoms with Gasteiger partial charge < -0.3 is 15.1 Å². The second kappa shape index (κ2) is 11.7. The van der Waals surface area contributed by atoms with E-state index in [1.54, 1.807) is 32.1 Å². The van der Waals surface area contributed by atoms with E-state index in [1.807, 2.05) is 12.1 Å². The van der Waals surface area contributed by atoms with E-state index < -0.39 is 0 Å². The van der Waals surface area contributed by atoms with Gasteiger partial charge in [0.1, 0.15) is 0 Å². The van der Waals surface area contributed by atoms with Crippen LogP contribution in [-0.2, 0) is 0 Å². The van der Waals surface area contributed by atoms with E-state index in [4.69, 9.17) is 10.2 Å². The number of ketones is 2. The van der Waals surface area contributed by atoms with Crippen molar-refractivity contribution in [2.75, 3.05) is 31.2 Å². The van der Waals surface area contributed by atoms with E-state index >= 15 is 0 Å². The number of aliphatic hydroxyl groups excluding tert-OH is 2. The summed E-state index contributed by atoms with van der Waals surface area (Å²) in [6, 6.07) is 5.55. The predicted octanol–water partition coefficient (Wildman–Crippen LogP) is 4.09. The smallest absolute Gasteiger partial charge is 0.194 e. The SMILES string of the molecule is C/C=C1/C(=O)c2ccc(N(CCCCCO)CCCCCO)cc2C(=O)/C1=C/C. The fourth-order valence-electron chi connectivity index (χ4n) is 3.78. The molecule has 0 radical (unpaired) electrons. The Morgan fingerprint density at radius 1 is 0.759 bits per heavy atom. The van der Waals surface area contributed by atoms with Gasteiger partial charge in [-0.1, -0.05) is 12.2 Å². The zero-order valence-electron chi connectivity index (χ0n) is 17.6. The van der Waals surface area contributed by atoms with Crippen LogP contribution in [0, 0.1) is 0 Å². The minimum Gasteiger partial charge on any atom is -0.396 e. The highest BCUT2D eigenvalue weighted by molar-refractivity contribution is 6.31. The molecule has 0 heterocycles. The van der Waals surface area contributed by atoms with Gasteiger partial charge in [-0.3, -0.25) is 9.59 Å². The highest BCUT2D eigenvalue weighted by Crippen LogP contribution is 2.32. The Kier molecular flexibility index (Phi) is 9.29. The fourth-order valence-corrected chi connectivity index (χ4v) is 3.78. The minimum atomic E-state index is -0.0995. The van der Waals surface area contributed by atoms with Crippen molar-refractivity contribution < 1.29 is 19.8 Å². The lowest BCUT2D eigenvalue weighted by Crippen LogP contribution is -2.28. The highest BCUT2D eigenvalue weighted by atomic mass is 16.3. The summed E-state index contributed by atoms with van der Waals surface area (Å²) < 4.78 is 0. The van der Waals surface area contributed by atoms with E-state index in [2.05, 4.69) is 4.90 Å². The number of nitrogens with zero attached hydrogens (tertiary/aromatic N) is 1. The van der Waals surface area contributed by atoms with E-state index in [9.17, 15) is 9.59 Å². The van der Waals surface area contributed by atoms with Gasteiger partial charge in [-0.25, -0.2) is 0 Å². The summed E-state index contributed by atoms with van der Waals surface area (Å²) in [7, 11) is 0. The van der Waals surface area contributed by atoms with Crippen LogP contribution < -0.4 is 4.90 Å². The van der Waals surface area contributed by atoms with Gasteiger partial charge in [0, 0.05) is 54.3 Å². The Morgan fingerprint density at radius 2 is 1.28 bits per heavy atom. The van der Waals surface area contributed by atoms with Crippen molar-refractivity contribution in [3.05, 3.63) is 52.6 Å². The lowest BCUT2D eigenvalue weighted by molar-refractivity contribution is 0.0972. The van der Waals surface area contributed by atoms with Crippen LogP contribution in [0.15, 0.2) is 41.5 Å². The Labute approximate surface area is 173 Å². The monoisotopic (exact) mass is 399 g/mol. The van der Waals surface area contributed by atoms with Crippen molar-refractivity contribution in [3.8, 4) is 0 Å². The van der Waals surface area contributed by atoms with Crippen LogP contribution in [-0.4, -0.2) is 48.1 Å². The maximum Gasteiger partial charge on any atom is 0.194 e. The number of anilines is 1. The second-order valence-electron chi connectivity index (χ2n) is 7.35. The average molecular weight is 400 g/mol. The number of benzene rings is 1. The molecule has 0 spiro atoms. The molecule has 1 aromatic carbocycles. The molecular formula is C24H33NO4. The van der Waals surface area contributed by atoms with Crippen LogP contribution >= 0.6 is 0 Å². The van der Waals surface area contributed by atoms with Crippen molar-refractivity contribution in [1.82, 2.24) is 0 Å². The summed E-state index contributed by atoms with van der Waals surface area (Å²) >= 11 is 0. The quantitative estimate of drug-likeness (QED) is 0.433. The molecule has 0 aromatic heterocycles. The number of unbranched alkanes of at least 4 members (excludes halogenated alkanes) is 4. The number of allylic oxidation sites excluding steroid dienone is 4. The largest absolute Gasteiger partial charge is 0.396 e. The molecule has 5 heteroatoms. The standard InChI is InChI=1S/C24H33NO4/c1-3-19-20(4-2)24(29)22-17-18(11-12-21(22)23(19)28)25(13-7-5-9-15-26)14-8-6-10-16-27/h3-4,11-12,17,26-27H,5-10,13-16H2,1-2H3/b19-3+,20-4+. The average Bonchev–Trinajstić information content (AvgIpc) is 2.74. The molecule has 0 aliphatic heterocycles. The molecule has 0 saturated heterocycles. The van der Waals surface area contributed by atoms with E-state index in [1.165, 1.54) is 0 Å². The minimum absolute atomic E-state index is 0.0980. The Hall–Kier alpha value is -2.24. The molecule has 29 heavy (non-hydrogen) atoms. The fraction of sp³-hybridized carbons (Fsp3) is 0.500. The molecule has 5 nitrogen and oxygen atoms in total. The molecule has 0 saturated carbocycles.